The molecule has 1 fully saturated rings. The maximum atomic E-state index is 13.4. The summed E-state index contributed by atoms with van der Waals surface area (Å²) in [5, 5.41) is 3.62. The van der Waals surface area contributed by atoms with Crippen molar-refractivity contribution in [3.63, 3.8) is 0 Å². The Kier molecular flexibility index (Phi) is 5.72. The number of carbonyl (C=O) groups excluding carboxylic acids is 2. The minimum absolute atomic E-state index is 0.0764. The predicted octanol–water partition coefficient (Wildman–Crippen LogP) is 2.30. The van der Waals surface area contributed by atoms with E-state index >= 15 is 0 Å². The Balaban J connectivity index is 1.72. The van der Waals surface area contributed by atoms with Crippen molar-refractivity contribution in [2.24, 2.45) is 0 Å². The molecule has 0 aliphatic carbocycles. The number of rotatable bonds is 7. The third-order valence-electron chi connectivity index (χ3n) is 5.44. The van der Waals surface area contributed by atoms with Crippen LogP contribution < -0.4 is 19.7 Å². The van der Waals surface area contributed by atoms with E-state index in [1.165, 1.54) is 19.1 Å². The van der Waals surface area contributed by atoms with Gasteiger partial charge in [-0.25, -0.2) is 0 Å². The second kappa shape index (κ2) is 8.59. The van der Waals surface area contributed by atoms with Crippen molar-refractivity contribution in [1.82, 2.24) is 0 Å². The van der Waals surface area contributed by atoms with E-state index in [-0.39, 0.29) is 17.5 Å². The van der Waals surface area contributed by atoms with Gasteiger partial charge in [0.2, 0.25) is 5.78 Å². The first-order valence-electron chi connectivity index (χ1n) is 10.0. The van der Waals surface area contributed by atoms with Crippen LogP contribution in [0.4, 0.5) is 5.69 Å². The van der Waals surface area contributed by atoms with E-state index in [4.69, 9.17) is 13.9 Å². The second-order valence-electron chi connectivity index (χ2n) is 7.38. The number of ether oxygens (including phenoxy) is 2. The molecule has 1 aliphatic rings. The smallest absolute Gasteiger partial charge is 0.279 e. The molecule has 0 saturated carbocycles. The molecule has 1 amide bonds. The van der Waals surface area contributed by atoms with Crippen LogP contribution in [0.3, 0.4) is 0 Å². The van der Waals surface area contributed by atoms with E-state index in [1.54, 1.807) is 24.3 Å². The summed E-state index contributed by atoms with van der Waals surface area (Å²) in [5.74, 6) is 0.488. The molecule has 156 valence electrons. The number of quaternary nitrogens is 1. The molecule has 0 atom stereocenters. The maximum absolute atomic E-state index is 13.4. The number of likely N-dealkylation sites (tertiary alicyclic amines) is 1. The lowest BCUT2D eigenvalue weighted by Gasteiger charge is -2.12. The van der Waals surface area contributed by atoms with Gasteiger partial charge in [0.15, 0.2) is 12.3 Å². The van der Waals surface area contributed by atoms with Crippen LogP contribution in [-0.4, -0.2) is 45.5 Å². The lowest BCUT2D eigenvalue weighted by atomic mass is 10.1. The summed E-state index contributed by atoms with van der Waals surface area (Å²) < 4.78 is 16.5. The maximum Gasteiger partial charge on any atom is 0.279 e. The lowest BCUT2D eigenvalue weighted by molar-refractivity contribution is -0.878. The van der Waals surface area contributed by atoms with Crippen molar-refractivity contribution in [2.75, 3.05) is 39.2 Å². The van der Waals surface area contributed by atoms with Gasteiger partial charge in [0.25, 0.3) is 5.91 Å². The van der Waals surface area contributed by atoms with Gasteiger partial charge >= 0.3 is 0 Å². The molecule has 0 bridgehead atoms. The summed E-state index contributed by atoms with van der Waals surface area (Å²) in [6.45, 7) is 2.36. The molecule has 2 N–H and O–H groups in total. The zero-order valence-electron chi connectivity index (χ0n) is 17.1. The Labute approximate surface area is 174 Å². The fourth-order valence-electron chi connectivity index (χ4n) is 3.91. The van der Waals surface area contributed by atoms with E-state index in [9.17, 15) is 9.59 Å². The standard InChI is InChI=1S/C23H24N2O5/c1-28-15-9-10-18(29-2)17(13-15)22(27)23-21(16-7-3-4-8-19(16)30-23)24-20(26)14-25-11-5-6-12-25/h3-4,7-10,13H,5-6,11-12,14H2,1-2H3,(H,24,26)/p+1. The van der Waals surface area contributed by atoms with Gasteiger partial charge < -0.3 is 24.1 Å². The van der Waals surface area contributed by atoms with Crippen molar-refractivity contribution >= 4 is 28.3 Å². The number of ketones is 1. The fraction of sp³-hybridized carbons (Fsp3) is 0.304. The summed E-state index contributed by atoms with van der Waals surface area (Å²) >= 11 is 0. The molecule has 0 spiro atoms. The fourth-order valence-corrected chi connectivity index (χ4v) is 3.91. The Morgan fingerprint density at radius 1 is 1.07 bits per heavy atom. The Bertz CT molecular complexity index is 1080. The molecular weight excluding hydrogens is 384 g/mol. The number of amides is 1. The van der Waals surface area contributed by atoms with Crippen LogP contribution in [0.5, 0.6) is 11.5 Å². The van der Waals surface area contributed by atoms with Gasteiger partial charge in [-0.2, -0.15) is 0 Å². The molecule has 1 aliphatic heterocycles. The van der Waals surface area contributed by atoms with Crippen LogP contribution in [0, 0.1) is 0 Å². The third kappa shape index (κ3) is 3.89. The van der Waals surface area contributed by atoms with Crippen LogP contribution in [0.25, 0.3) is 11.0 Å². The first-order valence-corrected chi connectivity index (χ1v) is 10.0. The molecule has 3 aromatic rings. The van der Waals surface area contributed by atoms with Crippen molar-refractivity contribution in [3.8, 4) is 11.5 Å². The molecule has 2 heterocycles. The molecule has 0 unspecified atom stereocenters. The number of anilines is 1. The first kappa shape index (κ1) is 20.0. The molecule has 1 aromatic heterocycles. The van der Waals surface area contributed by atoms with Gasteiger partial charge in [-0.15, -0.1) is 0 Å². The summed E-state index contributed by atoms with van der Waals surface area (Å²) in [7, 11) is 3.03. The Hall–Kier alpha value is -3.32. The van der Waals surface area contributed by atoms with Crippen LogP contribution in [0.2, 0.25) is 0 Å². The highest BCUT2D eigenvalue weighted by Gasteiger charge is 2.27. The van der Waals surface area contributed by atoms with Crippen molar-refractivity contribution in [3.05, 3.63) is 53.8 Å². The van der Waals surface area contributed by atoms with E-state index in [1.807, 2.05) is 18.2 Å². The van der Waals surface area contributed by atoms with Crippen LogP contribution in [0.1, 0.15) is 29.0 Å². The highest BCUT2D eigenvalue weighted by Crippen LogP contribution is 2.35. The van der Waals surface area contributed by atoms with Gasteiger partial charge in [-0.1, -0.05) is 12.1 Å². The minimum atomic E-state index is -0.384. The third-order valence-corrected chi connectivity index (χ3v) is 5.44. The van der Waals surface area contributed by atoms with Crippen molar-refractivity contribution in [2.45, 2.75) is 12.8 Å². The Morgan fingerprint density at radius 3 is 2.57 bits per heavy atom. The van der Waals surface area contributed by atoms with Crippen LogP contribution >= 0.6 is 0 Å². The number of furan rings is 1. The number of fused-ring (bicyclic) bond motifs is 1. The van der Waals surface area contributed by atoms with Gasteiger partial charge in [0.05, 0.1) is 38.6 Å². The van der Waals surface area contributed by atoms with Crippen LogP contribution in [0.15, 0.2) is 46.9 Å². The van der Waals surface area contributed by atoms with Crippen LogP contribution in [-0.2, 0) is 4.79 Å². The number of hydrogen-bond donors (Lipinski definition) is 2. The quantitative estimate of drug-likeness (QED) is 0.585. The number of hydrogen-bond acceptors (Lipinski definition) is 5. The summed E-state index contributed by atoms with van der Waals surface area (Å²) in [5.41, 5.74) is 1.23. The lowest BCUT2D eigenvalue weighted by Crippen LogP contribution is -3.11. The van der Waals surface area contributed by atoms with E-state index in [0.717, 1.165) is 25.9 Å². The molecule has 30 heavy (non-hydrogen) atoms. The average Bonchev–Trinajstić information content (AvgIpc) is 3.41. The summed E-state index contributed by atoms with van der Waals surface area (Å²) in [6.07, 6.45) is 2.27. The molecular formula is C23H25N2O5+. The highest BCUT2D eigenvalue weighted by molar-refractivity contribution is 6.18. The number of nitrogens with one attached hydrogen (secondary N) is 2. The van der Waals surface area contributed by atoms with E-state index in [0.29, 0.717) is 40.3 Å². The number of benzene rings is 2. The van der Waals surface area contributed by atoms with E-state index in [2.05, 4.69) is 5.32 Å². The molecule has 0 radical (unpaired) electrons. The zero-order valence-corrected chi connectivity index (χ0v) is 17.1. The van der Waals surface area contributed by atoms with Gasteiger partial charge in [0.1, 0.15) is 17.1 Å². The largest absolute Gasteiger partial charge is 0.497 e. The van der Waals surface area contributed by atoms with E-state index < -0.39 is 0 Å². The number of carbonyl (C=O) groups is 2. The molecule has 4 rings (SSSR count). The Morgan fingerprint density at radius 2 is 1.83 bits per heavy atom. The average molecular weight is 409 g/mol. The van der Waals surface area contributed by atoms with Crippen molar-refractivity contribution < 1.29 is 28.4 Å². The number of methoxy groups -OCH3 is 2. The topological polar surface area (TPSA) is 82.2 Å². The monoisotopic (exact) mass is 409 g/mol. The van der Waals surface area contributed by atoms with Gasteiger partial charge in [-0.3, -0.25) is 9.59 Å². The van der Waals surface area contributed by atoms with Gasteiger partial charge in [-0.05, 0) is 30.3 Å². The molecule has 2 aromatic carbocycles. The molecule has 1 saturated heterocycles. The molecule has 7 heteroatoms. The second-order valence-corrected chi connectivity index (χ2v) is 7.38. The normalized spacial score (nSPS) is 14.1. The minimum Gasteiger partial charge on any atom is -0.497 e. The molecule has 7 nitrogen and oxygen atoms in total. The summed E-state index contributed by atoms with van der Waals surface area (Å²) in [4.78, 5) is 27.4. The van der Waals surface area contributed by atoms with Crippen molar-refractivity contribution in [1.29, 1.82) is 0 Å². The highest BCUT2D eigenvalue weighted by atomic mass is 16.5. The predicted molar refractivity (Wildman–Crippen MR) is 113 cm³/mol. The first-order chi connectivity index (χ1) is 14.6. The number of para-hydroxylation sites is 1. The van der Waals surface area contributed by atoms with Gasteiger partial charge in [0, 0.05) is 18.2 Å². The SMILES string of the molecule is COc1ccc(OC)c(C(=O)c2oc3ccccc3c2NC(=O)C[NH+]2CCCC2)c1. The summed E-state index contributed by atoms with van der Waals surface area (Å²) in [6, 6.07) is 12.3. The zero-order chi connectivity index (χ0) is 21.1.